The van der Waals surface area contributed by atoms with Crippen molar-refractivity contribution in [3.8, 4) is 11.3 Å². The van der Waals surface area contributed by atoms with Crippen LogP contribution in [0.2, 0.25) is 0 Å². The van der Waals surface area contributed by atoms with Gasteiger partial charge in [0.1, 0.15) is 0 Å². The van der Waals surface area contributed by atoms with Crippen molar-refractivity contribution in [1.82, 2.24) is 30.2 Å². The summed E-state index contributed by atoms with van der Waals surface area (Å²) in [7, 11) is 1.79. The van der Waals surface area contributed by atoms with Gasteiger partial charge in [-0.3, -0.25) is 9.78 Å². The minimum Gasteiger partial charge on any atom is -0.338 e. The SMILES string of the molecule is Cc1cnn(CCCNC(=O)N(C)[C@@H](C)c2cc(-c3ccccc3)n[nH]2)c1. The second kappa shape index (κ2) is 8.53. The van der Waals surface area contributed by atoms with Crippen LogP contribution in [0.25, 0.3) is 11.3 Å². The Bertz CT molecular complexity index is 869. The van der Waals surface area contributed by atoms with E-state index in [1.165, 1.54) is 0 Å². The highest BCUT2D eigenvalue weighted by molar-refractivity contribution is 5.74. The largest absolute Gasteiger partial charge is 0.338 e. The van der Waals surface area contributed by atoms with Crippen molar-refractivity contribution in [1.29, 1.82) is 0 Å². The molecule has 2 heterocycles. The number of aryl methyl sites for hydroxylation is 2. The standard InChI is InChI=1S/C20H26N6O/c1-15-13-22-26(14-15)11-7-10-21-20(27)25(3)16(2)18-12-19(24-23-18)17-8-5-4-6-9-17/h4-6,8-9,12-14,16H,7,10-11H2,1-3H3,(H,21,27)(H,23,24)/t16-/m0/s1. The maximum absolute atomic E-state index is 12.4. The van der Waals surface area contributed by atoms with Crippen LogP contribution in [0.5, 0.6) is 0 Å². The molecule has 142 valence electrons. The summed E-state index contributed by atoms with van der Waals surface area (Å²) in [4.78, 5) is 14.1. The highest BCUT2D eigenvalue weighted by Gasteiger charge is 2.19. The van der Waals surface area contributed by atoms with Crippen LogP contribution in [0.1, 0.15) is 30.6 Å². The van der Waals surface area contributed by atoms with Gasteiger partial charge in [-0.05, 0) is 31.9 Å². The molecular formula is C20H26N6O. The molecule has 27 heavy (non-hydrogen) atoms. The molecule has 1 atom stereocenters. The van der Waals surface area contributed by atoms with Crippen LogP contribution in [0.4, 0.5) is 4.79 Å². The first-order chi connectivity index (χ1) is 13.0. The normalized spacial score (nSPS) is 12.0. The lowest BCUT2D eigenvalue weighted by molar-refractivity contribution is 0.193. The molecule has 0 bridgehead atoms. The zero-order chi connectivity index (χ0) is 19.2. The predicted molar refractivity (Wildman–Crippen MR) is 105 cm³/mol. The number of aromatic nitrogens is 4. The summed E-state index contributed by atoms with van der Waals surface area (Å²) in [6, 6.07) is 11.8. The Morgan fingerprint density at radius 1 is 1.33 bits per heavy atom. The molecule has 0 aliphatic rings. The number of amides is 2. The average Bonchev–Trinajstić information content (AvgIpc) is 3.34. The van der Waals surface area contributed by atoms with E-state index in [1.807, 2.05) is 67.3 Å². The topological polar surface area (TPSA) is 78.8 Å². The van der Waals surface area contributed by atoms with Gasteiger partial charge in [0.25, 0.3) is 0 Å². The lowest BCUT2D eigenvalue weighted by Gasteiger charge is -2.24. The van der Waals surface area contributed by atoms with Crippen LogP contribution >= 0.6 is 0 Å². The zero-order valence-electron chi connectivity index (χ0n) is 16.0. The first-order valence-electron chi connectivity index (χ1n) is 9.15. The second-order valence-electron chi connectivity index (χ2n) is 6.73. The monoisotopic (exact) mass is 366 g/mol. The molecule has 3 aromatic rings. The minimum absolute atomic E-state index is 0.102. The fourth-order valence-electron chi connectivity index (χ4n) is 2.84. The van der Waals surface area contributed by atoms with Crippen LogP contribution in [0.15, 0.2) is 48.8 Å². The minimum atomic E-state index is -0.108. The fraction of sp³-hybridized carbons (Fsp3) is 0.350. The van der Waals surface area contributed by atoms with Gasteiger partial charge in [0.2, 0.25) is 0 Å². The van der Waals surface area contributed by atoms with E-state index in [1.54, 1.807) is 11.9 Å². The van der Waals surface area contributed by atoms with Gasteiger partial charge in [-0.15, -0.1) is 0 Å². The van der Waals surface area contributed by atoms with E-state index in [2.05, 4.69) is 20.6 Å². The van der Waals surface area contributed by atoms with Crippen molar-refractivity contribution in [3.05, 3.63) is 60.0 Å². The lowest BCUT2D eigenvalue weighted by atomic mass is 10.1. The molecule has 0 radical (unpaired) electrons. The Morgan fingerprint density at radius 2 is 2.11 bits per heavy atom. The third-order valence-electron chi connectivity index (χ3n) is 4.62. The molecule has 0 aliphatic carbocycles. The van der Waals surface area contributed by atoms with Crippen LogP contribution in [0, 0.1) is 6.92 Å². The molecular weight excluding hydrogens is 340 g/mol. The Hall–Kier alpha value is -3.09. The maximum Gasteiger partial charge on any atom is 0.317 e. The smallest absolute Gasteiger partial charge is 0.317 e. The van der Waals surface area contributed by atoms with Gasteiger partial charge in [0.15, 0.2) is 0 Å². The van der Waals surface area contributed by atoms with E-state index in [9.17, 15) is 4.79 Å². The van der Waals surface area contributed by atoms with Crippen molar-refractivity contribution < 1.29 is 4.79 Å². The van der Waals surface area contributed by atoms with Crippen molar-refractivity contribution >= 4 is 6.03 Å². The van der Waals surface area contributed by atoms with E-state index in [0.29, 0.717) is 6.54 Å². The number of nitrogens with zero attached hydrogens (tertiary/aromatic N) is 4. The Morgan fingerprint density at radius 3 is 2.81 bits per heavy atom. The molecule has 1 aromatic carbocycles. The third-order valence-corrected chi connectivity index (χ3v) is 4.62. The molecule has 2 amide bonds. The second-order valence-corrected chi connectivity index (χ2v) is 6.73. The molecule has 0 aliphatic heterocycles. The number of carbonyl (C=O) groups is 1. The van der Waals surface area contributed by atoms with Crippen molar-refractivity contribution in [3.63, 3.8) is 0 Å². The van der Waals surface area contributed by atoms with Gasteiger partial charge in [-0.2, -0.15) is 10.2 Å². The molecule has 2 aromatic heterocycles. The summed E-state index contributed by atoms with van der Waals surface area (Å²) < 4.78 is 1.89. The predicted octanol–water partition coefficient (Wildman–Crippen LogP) is 3.37. The first-order valence-corrected chi connectivity index (χ1v) is 9.15. The molecule has 0 saturated carbocycles. The third kappa shape index (κ3) is 4.75. The van der Waals surface area contributed by atoms with Crippen molar-refractivity contribution in [2.75, 3.05) is 13.6 Å². The van der Waals surface area contributed by atoms with Crippen LogP contribution in [0.3, 0.4) is 0 Å². The molecule has 0 saturated heterocycles. The Labute approximate surface area is 159 Å². The van der Waals surface area contributed by atoms with Gasteiger partial charge < -0.3 is 10.2 Å². The molecule has 3 rings (SSSR count). The number of benzene rings is 1. The highest BCUT2D eigenvalue weighted by atomic mass is 16.2. The Balaban J connectivity index is 1.49. The van der Waals surface area contributed by atoms with E-state index in [4.69, 9.17) is 0 Å². The number of carbonyl (C=O) groups excluding carboxylic acids is 1. The summed E-state index contributed by atoms with van der Waals surface area (Å²) in [5.74, 6) is 0. The number of H-pyrrole nitrogens is 1. The highest BCUT2D eigenvalue weighted by Crippen LogP contribution is 2.22. The summed E-state index contributed by atoms with van der Waals surface area (Å²) in [6.45, 7) is 5.39. The van der Waals surface area contributed by atoms with Crippen LogP contribution in [-0.2, 0) is 6.54 Å². The molecule has 7 heteroatoms. The van der Waals surface area contributed by atoms with E-state index in [-0.39, 0.29) is 12.1 Å². The van der Waals surface area contributed by atoms with E-state index >= 15 is 0 Å². The van der Waals surface area contributed by atoms with Crippen LogP contribution in [-0.4, -0.2) is 44.5 Å². The quantitative estimate of drug-likeness (QED) is 0.629. The van der Waals surface area contributed by atoms with Gasteiger partial charge in [-0.25, -0.2) is 4.79 Å². The molecule has 2 N–H and O–H groups in total. The number of rotatable bonds is 7. The molecule has 0 unspecified atom stereocenters. The van der Waals surface area contributed by atoms with Gasteiger partial charge in [-0.1, -0.05) is 30.3 Å². The number of hydrogen-bond acceptors (Lipinski definition) is 3. The van der Waals surface area contributed by atoms with Gasteiger partial charge in [0.05, 0.1) is 23.6 Å². The maximum atomic E-state index is 12.4. The molecule has 7 nitrogen and oxygen atoms in total. The summed E-state index contributed by atoms with van der Waals surface area (Å²) in [5, 5.41) is 14.6. The average molecular weight is 366 g/mol. The van der Waals surface area contributed by atoms with Gasteiger partial charge >= 0.3 is 6.03 Å². The number of aromatic amines is 1. The van der Waals surface area contributed by atoms with E-state index in [0.717, 1.165) is 35.5 Å². The summed E-state index contributed by atoms with van der Waals surface area (Å²) in [6.07, 6.45) is 4.66. The number of hydrogen-bond donors (Lipinski definition) is 2. The number of urea groups is 1. The fourth-order valence-corrected chi connectivity index (χ4v) is 2.84. The first kappa shape index (κ1) is 18.7. The zero-order valence-corrected chi connectivity index (χ0v) is 16.0. The lowest BCUT2D eigenvalue weighted by Crippen LogP contribution is -2.39. The summed E-state index contributed by atoms with van der Waals surface area (Å²) in [5.41, 5.74) is 3.97. The van der Waals surface area contributed by atoms with Gasteiger partial charge in [0, 0.05) is 31.9 Å². The number of nitrogens with one attached hydrogen (secondary N) is 2. The summed E-state index contributed by atoms with van der Waals surface area (Å²) >= 11 is 0. The van der Waals surface area contributed by atoms with E-state index < -0.39 is 0 Å². The van der Waals surface area contributed by atoms with Crippen molar-refractivity contribution in [2.45, 2.75) is 32.9 Å². The van der Waals surface area contributed by atoms with Crippen molar-refractivity contribution in [2.24, 2.45) is 0 Å². The molecule has 0 fully saturated rings. The Kier molecular flexibility index (Phi) is 5.90. The van der Waals surface area contributed by atoms with Crippen LogP contribution < -0.4 is 5.32 Å². The molecule has 0 spiro atoms.